The Morgan fingerprint density at radius 1 is 1.12 bits per heavy atom. The van der Waals surface area contributed by atoms with E-state index >= 15 is 0 Å². The van der Waals surface area contributed by atoms with E-state index in [0.29, 0.717) is 0 Å². The monoisotopic (exact) mass is 343 g/mol. The zero-order valence-corrected chi connectivity index (χ0v) is 16.4. The van der Waals surface area contributed by atoms with E-state index in [1.165, 1.54) is 34.9 Å². The van der Waals surface area contributed by atoms with Crippen LogP contribution in [0.25, 0.3) is 11.3 Å². The fourth-order valence-electron chi connectivity index (χ4n) is 3.23. The van der Waals surface area contributed by atoms with Gasteiger partial charge in [-0.1, -0.05) is 33.8 Å². The molecular formula is C20H29N3S. The Bertz CT molecular complexity index is 691. The van der Waals surface area contributed by atoms with Gasteiger partial charge in [-0.25, -0.2) is 4.98 Å². The molecule has 130 valence electrons. The van der Waals surface area contributed by atoms with Gasteiger partial charge in [-0.15, -0.1) is 11.3 Å². The molecule has 1 saturated heterocycles. The van der Waals surface area contributed by atoms with E-state index in [9.17, 15) is 0 Å². The van der Waals surface area contributed by atoms with Gasteiger partial charge in [0.05, 0.1) is 10.7 Å². The highest BCUT2D eigenvalue weighted by Gasteiger charge is 2.20. The molecule has 0 aliphatic carbocycles. The number of anilines is 1. The first kappa shape index (κ1) is 17.4. The number of benzene rings is 1. The van der Waals surface area contributed by atoms with Gasteiger partial charge in [0.2, 0.25) is 0 Å². The molecule has 2 aromatic rings. The Balaban J connectivity index is 1.79. The first-order valence-corrected chi connectivity index (χ1v) is 9.81. The van der Waals surface area contributed by atoms with E-state index in [-0.39, 0.29) is 5.41 Å². The zero-order valence-electron chi connectivity index (χ0n) is 15.6. The second-order valence-corrected chi connectivity index (χ2v) is 8.57. The molecule has 1 aromatic carbocycles. The predicted octanol–water partition coefficient (Wildman–Crippen LogP) is 4.56. The topological polar surface area (TPSA) is 19.4 Å². The van der Waals surface area contributed by atoms with Crippen molar-refractivity contribution in [2.45, 2.75) is 40.0 Å². The van der Waals surface area contributed by atoms with Crippen molar-refractivity contribution >= 4 is 17.0 Å². The Labute approximate surface area is 150 Å². The molecule has 0 saturated carbocycles. The third kappa shape index (κ3) is 3.65. The molecule has 0 amide bonds. The maximum absolute atomic E-state index is 4.85. The molecule has 0 bridgehead atoms. The zero-order chi connectivity index (χ0) is 17.3. The normalized spacial score (nSPS) is 16.6. The summed E-state index contributed by atoms with van der Waals surface area (Å²) in [6, 6.07) is 6.81. The highest BCUT2D eigenvalue weighted by atomic mass is 32.1. The fraction of sp³-hybridized carbons (Fsp3) is 0.550. The molecule has 1 aromatic heterocycles. The van der Waals surface area contributed by atoms with Crippen molar-refractivity contribution in [3.05, 3.63) is 34.2 Å². The van der Waals surface area contributed by atoms with Crippen molar-refractivity contribution in [3.63, 3.8) is 0 Å². The molecule has 0 N–H and O–H groups in total. The quantitative estimate of drug-likeness (QED) is 0.814. The van der Waals surface area contributed by atoms with Gasteiger partial charge in [-0.05, 0) is 31.2 Å². The van der Waals surface area contributed by atoms with E-state index in [4.69, 9.17) is 4.98 Å². The number of hydrogen-bond donors (Lipinski definition) is 0. The van der Waals surface area contributed by atoms with Crippen molar-refractivity contribution < 1.29 is 0 Å². The van der Waals surface area contributed by atoms with E-state index in [2.05, 4.69) is 68.0 Å². The number of hydrogen-bond acceptors (Lipinski definition) is 4. The average molecular weight is 344 g/mol. The molecule has 3 rings (SSSR count). The average Bonchev–Trinajstić information content (AvgIpc) is 3.05. The Hall–Kier alpha value is -1.39. The van der Waals surface area contributed by atoms with Crippen LogP contribution in [-0.2, 0) is 5.41 Å². The van der Waals surface area contributed by atoms with Crippen molar-refractivity contribution in [1.29, 1.82) is 0 Å². The Morgan fingerprint density at radius 3 is 2.38 bits per heavy atom. The van der Waals surface area contributed by atoms with Crippen LogP contribution in [0.2, 0.25) is 0 Å². The molecule has 4 heteroatoms. The summed E-state index contributed by atoms with van der Waals surface area (Å²) in [5.74, 6) is 0. The number of rotatable bonds is 3. The molecule has 1 aliphatic heterocycles. The fourth-order valence-corrected chi connectivity index (χ4v) is 4.14. The minimum absolute atomic E-state index is 0.122. The van der Waals surface area contributed by atoms with Gasteiger partial charge in [0.25, 0.3) is 0 Å². The van der Waals surface area contributed by atoms with E-state index in [1.807, 2.05) is 0 Å². The van der Waals surface area contributed by atoms with Crippen LogP contribution in [0.1, 0.15) is 38.3 Å². The van der Waals surface area contributed by atoms with Crippen LogP contribution in [0, 0.1) is 6.92 Å². The van der Waals surface area contributed by atoms with Crippen LogP contribution in [0.5, 0.6) is 0 Å². The van der Waals surface area contributed by atoms with Crippen LogP contribution in [0.3, 0.4) is 0 Å². The highest BCUT2D eigenvalue weighted by molar-refractivity contribution is 7.10. The van der Waals surface area contributed by atoms with Gasteiger partial charge in [-0.2, -0.15) is 0 Å². The first-order valence-electron chi connectivity index (χ1n) is 8.93. The SMILES string of the molecule is CCN1CCN(c2ccc(-c3csc(C(C)(C)C)n3)cc2C)CC1. The van der Waals surface area contributed by atoms with E-state index < -0.39 is 0 Å². The number of aromatic nitrogens is 1. The molecule has 0 atom stereocenters. The molecule has 24 heavy (non-hydrogen) atoms. The lowest BCUT2D eigenvalue weighted by Crippen LogP contribution is -2.46. The van der Waals surface area contributed by atoms with Crippen LogP contribution >= 0.6 is 11.3 Å². The summed E-state index contributed by atoms with van der Waals surface area (Å²) in [7, 11) is 0. The third-order valence-electron chi connectivity index (χ3n) is 4.80. The minimum atomic E-state index is 0.122. The number of nitrogens with zero attached hydrogens (tertiary/aromatic N) is 3. The summed E-state index contributed by atoms with van der Waals surface area (Å²) < 4.78 is 0. The molecule has 1 fully saturated rings. The summed E-state index contributed by atoms with van der Waals surface area (Å²) in [5.41, 5.74) is 5.19. The molecule has 0 spiro atoms. The summed E-state index contributed by atoms with van der Waals surface area (Å²) in [5, 5.41) is 3.39. The maximum Gasteiger partial charge on any atom is 0.0986 e. The number of likely N-dealkylation sites (N-methyl/N-ethyl adjacent to an activating group) is 1. The van der Waals surface area contributed by atoms with Crippen molar-refractivity contribution in [2.24, 2.45) is 0 Å². The van der Waals surface area contributed by atoms with Crippen LogP contribution in [0.4, 0.5) is 5.69 Å². The van der Waals surface area contributed by atoms with Gasteiger partial charge < -0.3 is 9.80 Å². The van der Waals surface area contributed by atoms with Crippen molar-refractivity contribution in [1.82, 2.24) is 9.88 Å². The van der Waals surface area contributed by atoms with Gasteiger partial charge >= 0.3 is 0 Å². The number of thiazole rings is 1. The molecular weight excluding hydrogens is 314 g/mol. The third-order valence-corrected chi connectivity index (χ3v) is 6.07. The van der Waals surface area contributed by atoms with Crippen LogP contribution < -0.4 is 4.90 Å². The lowest BCUT2D eigenvalue weighted by atomic mass is 9.98. The van der Waals surface area contributed by atoms with Gasteiger partial charge in [-0.3, -0.25) is 0 Å². The van der Waals surface area contributed by atoms with Crippen LogP contribution in [0.15, 0.2) is 23.6 Å². The number of aryl methyl sites for hydroxylation is 1. The summed E-state index contributed by atoms with van der Waals surface area (Å²) in [4.78, 5) is 9.89. The Kier molecular flexibility index (Phi) is 4.97. The van der Waals surface area contributed by atoms with E-state index in [1.54, 1.807) is 11.3 Å². The van der Waals surface area contributed by atoms with Crippen molar-refractivity contribution in [2.75, 3.05) is 37.6 Å². The minimum Gasteiger partial charge on any atom is -0.369 e. The first-order chi connectivity index (χ1) is 11.4. The smallest absolute Gasteiger partial charge is 0.0986 e. The molecule has 1 aliphatic rings. The molecule has 0 radical (unpaired) electrons. The molecule has 0 unspecified atom stereocenters. The molecule has 2 heterocycles. The van der Waals surface area contributed by atoms with Gasteiger partial charge in [0.15, 0.2) is 0 Å². The van der Waals surface area contributed by atoms with Crippen LogP contribution in [-0.4, -0.2) is 42.6 Å². The largest absolute Gasteiger partial charge is 0.369 e. The summed E-state index contributed by atoms with van der Waals surface area (Å²) in [6.45, 7) is 16.9. The summed E-state index contributed by atoms with van der Waals surface area (Å²) in [6.07, 6.45) is 0. The second-order valence-electron chi connectivity index (χ2n) is 7.71. The van der Waals surface area contributed by atoms with E-state index in [0.717, 1.165) is 25.3 Å². The maximum atomic E-state index is 4.85. The lowest BCUT2D eigenvalue weighted by molar-refractivity contribution is 0.271. The molecule has 3 nitrogen and oxygen atoms in total. The van der Waals surface area contributed by atoms with Gasteiger partial charge in [0, 0.05) is 48.2 Å². The lowest BCUT2D eigenvalue weighted by Gasteiger charge is -2.36. The summed E-state index contributed by atoms with van der Waals surface area (Å²) >= 11 is 1.77. The predicted molar refractivity (Wildman–Crippen MR) is 105 cm³/mol. The number of piperazine rings is 1. The van der Waals surface area contributed by atoms with Crippen molar-refractivity contribution in [3.8, 4) is 11.3 Å². The highest BCUT2D eigenvalue weighted by Crippen LogP contribution is 2.32. The standard InChI is InChI=1S/C20H29N3S/c1-6-22-9-11-23(12-10-22)18-8-7-16(13-15(18)2)17-14-24-19(21-17)20(3,4)5/h7-8,13-14H,6,9-12H2,1-5H3. The second kappa shape index (κ2) is 6.85. The Morgan fingerprint density at radius 2 is 1.83 bits per heavy atom. The van der Waals surface area contributed by atoms with Gasteiger partial charge in [0.1, 0.15) is 0 Å².